The van der Waals surface area contributed by atoms with Crippen LogP contribution >= 0.6 is 0 Å². The van der Waals surface area contributed by atoms with Crippen LogP contribution in [0, 0.1) is 0 Å². The average Bonchev–Trinajstić information content (AvgIpc) is 2.83. The summed E-state index contributed by atoms with van der Waals surface area (Å²) in [5.74, 6) is 0. The van der Waals surface area contributed by atoms with Gasteiger partial charge in [-0.1, -0.05) is 18.2 Å². The van der Waals surface area contributed by atoms with E-state index in [4.69, 9.17) is 0 Å². The Bertz CT molecular complexity index is 676. The van der Waals surface area contributed by atoms with Gasteiger partial charge in [-0.05, 0) is 30.3 Å². The molecule has 1 unspecified atom stereocenters. The van der Waals surface area contributed by atoms with E-state index >= 15 is 0 Å². The smallest absolute Gasteiger partial charge is 0.158 e. The van der Waals surface area contributed by atoms with Gasteiger partial charge in [-0.2, -0.15) is 0 Å². The lowest BCUT2D eigenvalue weighted by atomic mass is 10.3. The van der Waals surface area contributed by atoms with E-state index in [1.165, 1.54) is 0 Å². The van der Waals surface area contributed by atoms with Crippen molar-refractivity contribution in [1.82, 2.24) is 8.96 Å². The third kappa shape index (κ3) is 1.76. The normalized spacial score (nSPS) is 12.7. The van der Waals surface area contributed by atoms with Gasteiger partial charge in [0.25, 0.3) is 0 Å². The molecule has 0 aliphatic carbocycles. The van der Waals surface area contributed by atoms with E-state index < -0.39 is 11.0 Å². The molecule has 0 saturated heterocycles. The van der Waals surface area contributed by atoms with Crippen molar-refractivity contribution in [3.05, 3.63) is 60.9 Å². The molecule has 2 aromatic heterocycles. The second kappa shape index (κ2) is 4.14. The molecule has 3 rings (SSSR count). The number of pyridine rings is 1. The van der Waals surface area contributed by atoms with Crippen LogP contribution in [0.1, 0.15) is 0 Å². The van der Waals surface area contributed by atoms with E-state index in [1.807, 2.05) is 48.5 Å². The highest BCUT2D eigenvalue weighted by Crippen LogP contribution is 2.17. The minimum absolute atomic E-state index is 0.745. The Morgan fingerprint density at radius 3 is 2.65 bits per heavy atom. The first-order valence-electron chi connectivity index (χ1n) is 5.26. The van der Waals surface area contributed by atoms with Crippen molar-refractivity contribution in [1.29, 1.82) is 0 Å². The number of benzene rings is 1. The Balaban J connectivity index is 2.14. The van der Waals surface area contributed by atoms with E-state index in [-0.39, 0.29) is 0 Å². The lowest BCUT2D eigenvalue weighted by Gasteiger charge is -2.03. The van der Waals surface area contributed by atoms with Crippen molar-refractivity contribution < 1.29 is 4.21 Å². The first-order valence-corrected chi connectivity index (χ1v) is 6.36. The quantitative estimate of drug-likeness (QED) is 0.692. The predicted molar refractivity (Wildman–Crippen MR) is 68.0 cm³/mol. The first-order chi connectivity index (χ1) is 8.36. The first kappa shape index (κ1) is 10.2. The summed E-state index contributed by atoms with van der Waals surface area (Å²) in [4.78, 5) is 5.03. The van der Waals surface area contributed by atoms with Gasteiger partial charge in [0, 0.05) is 17.8 Å². The maximum atomic E-state index is 12.4. The summed E-state index contributed by atoms with van der Waals surface area (Å²) < 4.78 is 14.0. The van der Waals surface area contributed by atoms with Gasteiger partial charge in [-0.15, -0.1) is 0 Å². The highest BCUT2D eigenvalue weighted by Gasteiger charge is 2.09. The van der Waals surface area contributed by atoms with E-state index in [2.05, 4.69) is 4.98 Å². The van der Waals surface area contributed by atoms with Crippen LogP contribution in [0.3, 0.4) is 0 Å². The fourth-order valence-corrected chi connectivity index (χ4v) is 2.82. The van der Waals surface area contributed by atoms with Gasteiger partial charge in [0.1, 0.15) is 0 Å². The molecule has 0 N–H and O–H groups in total. The molecule has 0 fully saturated rings. The zero-order valence-corrected chi connectivity index (χ0v) is 9.80. The molecule has 4 heteroatoms. The van der Waals surface area contributed by atoms with Crippen molar-refractivity contribution in [3.8, 4) is 0 Å². The number of nitrogens with zero attached hydrogens (tertiary/aromatic N) is 2. The summed E-state index contributed by atoms with van der Waals surface area (Å²) in [5, 5.41) is 0.997. The van der Waals surface area contributed by atoms with Crippen molar-refractivity contribution >= 4 is 22.0 Å². The highest BCUT2D eigenvalue weighted by atomic mass is 32.2. The number of aromatic nitrogens is 2. The maximum Gasteiger partial charge on any atom is 0.158 e. The van der Waals surface area contributed by atoms with Crippen LogP contribution in [0.4, 0.5) is 0 Å². The van der Waals surface area contributed by atoms with E-state index in [0.29, 0.717) is 0 Å². The zero-order chi connectivity index (χ0) is 11.7. The molecule has 0 saturated carbocycles. The summed E-state index contributed by atoms with van der Waals surface area (Å²) in [7, 11) is -1.24. The van der Waals surface area contributed by atoms with Crippen LogP contribution in [0.15, 0.2) is 65.8 Å². The van der Waals surface area contributed by atoms with Crippen molar-refractivity contribution in [2.75, 3.05) is 0 Å². The number of hydrogen-bond donors (Lipinski definition) is 0. The van der Waals surface area contributed by atoms with Gasteiger partial charge in [0.2, 0.25) is 0 Å². The molecule has 3 aromatic rings. The Morgan fingerprint density at radius 1 is 1.00 bits per heavy atom. The third-order valence-electron chi connectivity index (χ3n) is 2.54. The second-order valence-corrected chi connectivity index (χ2v) is 4.98. The molecule has 17 heavy (non-hydrogen) atoms. The van der Waals surface area contributed by atoms with E-state index in [0.717, 1.165) is 15.9 Å². The summed E-state index contributed by atoms with van der Waals surface area (Å²) in [6.45, 7) is 0. The van der Waals surface area contributed by atoms with Crippen molar-refractivity contribution in [3.63, 3.8) is 0 Å². The summed E-state index contributed by atoms with van der Waals surface area (Å²) in [6.07, 6.45) is 3.52. The Morgan fingerprint density at radius 2 is 1.82 bits per heavy atom. The Hall–Kier alpha value is -1.94. The maximum absolute atomic E-state index is 12.4. The van der Waals surface area contributed by atoms with Gasteiger partial charge in [0.15, 0.2) is 16.6 Å². The van der Waals surface area contributed by atoms with Crippen LogP contribution in [-0.4, -0.2) is 13.2 Å². The molecular weight excluding hydrogens is 232 g/mol. The number of hydrogen-bond acceptors (Lipinski definition) is 2. The molecular formula is C13H10N2OS. The Labute approximate surface area is 101 Å². The van der Waals surface area contributed by atoms with Crippen molar-refractivity contribution in [2.45, 2.75) is 4.90 Å². The van der Waals surface area contributed by atoms with Gasteiger partial charge < -0.3 is 0 Å². The molecule has 0 spiro atoms. The minimum Gasteiger partial charge on any atom is -0.246 e. The number of fused-ring (bicyclic) bond motifs is 1. The molecule has 0 radical (unpaired) electrons. The summed E-state index contributed by atoms with van der Waals surface area (Å²) in [5.41, 5.74) is 0.745. The van der Waals surface area contributed by atoms with E-state index in [9.17, 15) is 4.21 Å². The van der Waals surface area contributed by atoms with Crippen molar-refractivity contribution in [2.24, 2.45) is 0 Å². The topological polar surface area (TPSA) is 34.9 Å². The summed E-state index contributed by atoms with van der Waals surface area (Å²) in [6, 6.07) is 15.1. The van der Waals surface area contributed by atoms with Gasteiger partial charge >= 0.3 is 0 Å². The fraction of sp³-hybridized carbons (Fsp3) is 0. The molecule has 0 aliphatic heterocycles. The molecule has 1 atom stereocenters. The van der Waals surface area contributed by atoms with Gasteiger partial charge in [-0.3, -0.25) is 0 Å². The molecule has 2 heterocycles. The molecule has 0 amide bonds. The largest absolute Gasteiger partial charge is 0.246 e. The van der Waals surface area contributed by atoms with Crippen LogP contribution in [0.5, 0.6) is 0 Å². The lowest BCUT2D eigenvalue weighted by molar-refractivity contribution is 0.678. The lowest BCUT2D eigenvalue weighted by Crippen LogP contribution is -2.03. The fourth-order valence-electron chi connectivity index (χ4n) is 1.73. The van der Waals surface area contributed by atoms with Crippen LogP contribution in [0.2, 0.25) is 0 Å². The standard InChI is InChI=1S/C13H10N2OS/c16-17(12-6-2-1-3-7-12)15-10-8-11-5-4-9-14-13(11)15/h1-10H. The minimum atomic E-state index is -1.24. The monoisotopic (exact) mass is 242 g/mol. The number of rotatable bonds is 2. The third-order valence-corrected chi connectivity index (χ3v) is 3.87. The predicted octanol–water partition coefficient (Wildman–Crippen LogP) is 2.61. The SMILES string of the molecule is O=S(c1ccccc1)n1ccc2cccnc21. The average molecular weight is 242 g/mol. The molecule has 84 valence electrons. The van der Waals surface area contributed by atoms with Gasteiger partial charge in [-0.25, -0.2) is 13.2 Å². The van der Waals surface area contributed by atoms with Crippen LogP contribution in [-0.2, 0) is 11.0 Å². The highest BCUT2D eigenvalue weighted by molar-refractivity contribution is 7.83. The molecule has 1 aromatic carbocycles. The van der Waals surface area contributed by atoms with E-state index in [1.54, 1.807) is 16.4 Å². The van der Waals surface area contributed by atoms with Crippen LogP contribution < -0.4 is 0 Å². The molecule has 3 nitrogen and oxygen atoms in total. The zero-order valence-electron chi connectivity index (χ0n) is 8.98. The molecule has 0 bridgehead atoms. The molecule has 0 aliphatic rings. The van der Waals surface area contributed by atoms with Gasteiger partial charge in [0.05, 0.1) is 4.90 Å². The second-order valence-electron chi connectivity index (χ2n) is 3.62. The Kier molecular flexibility index (Phi) is 2.49. The summed E-state index contributed by atoms with van der Waals surface area (Å²) >= 11 is 0. The van der Waals surface area contributed by atoms with Crippen LogP contribution in [0.25, 0.3) is 11.0 Å².